The van der Waals surface area contributed by atoms with E-state index in [1.165, 1.54) is 24.3 Å². The minimum absolute atomic E-state index is 0.00756. The summed E-state index contributed by atoms with van der Waals surface area (Å²) >= 11 is 0. The topological polar surface area (TPSA) is 66.9 Å². The lowest BCUT2D eigenvalue weighted by Crippen LogP contribution is -2.48. The van der Waals surface area contributed by atoms with Crippen LogP contribution < -0.4 is 10.1 Å². The number of likely N-dealkylation sites (tertiary alicyclic amines) is 1. The van der Waals surface area contributed by atoms with Crippen molar-refractivity contribution in [3.63, 3.8) is 0 Å². The van der Waals surface area contributed by atoms with Crippen LogP contribution in [0.3, 0.4) is 0 Å². The average Bonchev–Trinajstić information content (AvgIpc) is 3.88. The highest BCUT2D eigenvalue weighted by Gasteiger charge is 2.46. The Morgan fingerprint density at radius 3 is 2.26 bits per heavy atom. The zero-order valence-corrected chi connectivity index (χ0v) is 27.1. The van der Waals surface area contributed by atoms with Gasteiger partial charge in [-0.05, 0) is 62.5 Å². The summed E-state index contributed by atoms with van der Waals surface area (Å²) in [4.78, 5) is 23.7. The summed E-state index contributed by atoms with van der Waals surface area (Å²) < 4.78 is 92.7. The Kier molecular flexibility index (Phi) is 9.25. The van der Waals surface area contributed by atoms with Crippen molar-refractivity contribution >= 4 is 16.8 Å². The van der Waals surface area contributed by atoms with Gasteiger partial charge in [0.25, 0.3) is 5.91 Å². The van der Waals surface area contributed by atoms with Gasteiger partial charge in [-0.15, -0.1) is 13.2 Å². The zero-order chi connectivity index (χ0) is 35.1. The number of aromatic nitrogens is 1. The first-order valence-electron chi connectivity index (χ1n) is 16.7. The first-order chi connectivity index (χ1) is 23.9. The van der Waals surface area contributed by atoms with Gasteiger partial charge in [-0.25, -0.2) is 4.98 Å². The number of pyridine rings is 1. The number of ether oxygens (including phenoxy) is 2. The maximum Gasteiger partial charge on any atom is 0.573 e. The van der Waals surface area contributed by atoms with Gasteiger partial charge in [0.2, 0.25) is 0 Å². The van der Waals surface area contributed by atoms with Gasteiger partial charge in [0.15, 0.2) is 5.75 Å². The lowest BCUT2D eigenvalue weighted by Gasteiger charge is -2.40. The monoisotopic (exact) mass is 698 g/mol. The molecule has 1 saturated carbocycles. The second kappa shape index (κ2) is 13.5. The Labute approximate surface area is 285 Å². The molecule has 1 N–H and O–H groups in total. The third-order valence-corrected chi connectivity index (χ3v) is 9.93. The maximum absolute atomic E-state index is 14.6. The zero-order valence-electron chi connectivity index (χ0n) is 27.1. The van der Waals surface area contributed by atoms with Crippen LogP contribution in [0, 0.1) is 0 Å². The normalized spacial score (nSPS) is 19.0. The smallest absolute Gasteiger partial charge is 0.403 e. The molecular weight excluding hydrogens is 662 g/mol. The fraction of sp³-hybridized carbons (Fsp3) is 0.405. The highest BCUT2D eigenvalue weighted by molar-refractivity contribution is 6.10. The van der Waals surface area contributed by atoms with Gasteiger partial charge in [-0.2, -0.15) is 13.2 Å². The summed E-state index contributed by atoms with van der Waals surface area (Å²) in [5.41, 5.74) is -0.593. The molecule has 3 aliphatic rings. The highest BCUT2D eigenvalue weighted by Crippen LogP contribution is 2.46. The van der Waals surface area contributed by atoms with Crippen molar-refractivity contribution in [3.8, 4) is 17.0 Å². The first-order valence-corrected chi connectivity index (χ1v) is 16.7. The predicted octanol–water partition coefficient (Wildman–Crippen LogP) is 7.53. The van der Waals surface area contributed by atoms with E-state index in [1.54, 1.807) is 0 Å². The molecule has 50 heavy (non-hydrogen) atoms. The number of morpholine rings is 1. The van der Waals surface area contributed by atoms with Crippen molar-refractivity contribution in [1.29, 1.82) is 0 Å². The number of nitrogens with zero attached hydrogens (tertiary/aromatic N) is 3. The number of rotatable bonds is 8. The molecule has 2 aliphatic heterocycles. The molecule has 1 aromatic heterocycles. The molecule has 13 heteroatoms. The minimum atomic E-state index is -5.08. The van der Waals surface area contributed by atoms with Crippen molar-refractivity contribution in [2.45, 2.75) is 56.3 Å². The highest BCUT2D eigenvalue weighted by atomic mass is 19.4. The summed E-state index contributed by atoms with van der Waals surface area (Å²) in [6.45, 7) is 4.47. The molecule has 3 fully saturated rings. The number of para-hydroxylation sites is 1. The number of hydrogen-bond donors (Lipinski definition) is 1. The lowest BCUT2D eigenvalue weighted by molar-refractivity contribution is -0.274. The van der Waals surface area contributed by atoms with Crippen molar-refractivity contribution in [2.24, 2.45) is 0 Å². The summed E-state index contributed by atoms with van der Waals surface area (Å²) in [5.74, 6) is -1.20. The Hall–Kier alpha value is -4.20. The fourth-order valence-electron chi connectivity index (χ4n) is 7.26. The number of carbonyl (C=O) groups is 1. The lowest BCUT2D eigenvalue weighted by atomic mass is 9.93. The number of piperidine rings is 1. The Morgan fingerprint density at radius 2 is 1.60 bits per heavy atom. The van der Waals surface area contributed by atoms with Crippen LogP contribution >= 0.6 is 0 Å². The number of alkyl halides is 6. The van der Waals surface area contributed by atoms with Crippen LogP contribution in [0.4, 0.5) is 26.3 Å². The van der Waals surface area contributed by atoms with E-state index in [-0.39, 0.29) is 34.3 Å². The third kappa shape index (κ3) is 7.31. The number of fused-ring (bicyclic) bond motifs is 1. The number of hydrogen-bond acceptors (Lipinski definition) is 6. The van der Waals surface area contributed by atoms with E-state index in [0.717, 1.165) is 49.7 Å². The van der Waals surface area contributed by atoms with E-state index < -0.39 is 35.3 Å². The molecule has 0 atom stereocenters. The maximum atomic E-state index is 14.6. The van der Waals surface area contributed by atoms with Gasteiger partial charge in [0, 0.05) is 42.2 Å². The minimum Gasteiger partial charge on any atom is -0.403 e. The van der Waals surface area contributed by atoms with E-state index in [0.29, 0.717) is 50.8 Å². The van der Waals surface area contributed by atoms with Gasteiger partial charge in [0.1, 0.15) is 5.52 Å². The molecular formula is C37H36F6N4O3. The van der Waals surface area contributed by atoms with E-state index in [2.05, 4.69) is 24.8 Å². The standard InChI is InChI=1S/C37H36F6N4O3/c38-36(39,40)26-9-4-6-24(22-26)32-29(23-46-16-12-27(13-17-46)47-18-20-49-21-19-47)31(28-10-5-11-30(33(28)44-32)50-37(41,42)43)34(48)45-35(14-15-35)25-7-2-1-3-8-25/h1-11,22,27H,12-21,23H2,(H,45,48). The molecule has 0 bridgehead atoms. The van der Waals surface area contributed by atoms with Gasteiger partial charge in [-0.3, -0.25) is 14.6 Å². The second-order valence-electron chi connectivity index (χ2n) is 13.2. The molecule has 7 nitrogen and oxygen atoms in total. The van der Waals surface area contributed by atoms with Gasteiger partial charge in [-0.1, -0.05) is 54.6 Å². The van der Waals surface area contributed by atoms with Crippen LogP contribution in [0.25, 0.3) is 22.2 Å². The van der Waals surface area contributed by atoms with Gasteiger partial charge < -0.3 is 14.8 Å². The molecule has 4 aromatic rings. The molecule has 1 aliphatic carbocycles. The van der Waals surface area contributed by atoms with Crippen LogP contribution in [0.2, 0.25) is 0 Å². The number of nitrogens with one attached hydrogen (secondary N) is 1. The second-order valence-corrected chi connectivity index (χ2v) is 13.2. The van der Waals surface area contributed by atoms with E-state index in [9.17, 15) is 31.1 Å². The van der Waals surface area contributed by atoms with Gasteiger partial charge in [0.05, 0.1) is 35.6 Å². The molecule has 0 spiro atoms. The number of benzene rings is 3. The number of amides is 1. The SMILES string of the molecule is O=C(NC1(c2ccccc2)CC1)c1c(CN2CCC(N3CCOCC3)CC2)c(-c2cccc(C(F)(F)F)c2)nc2c(OC(F)(F)F)cccc12. The van der Waals surface area contributed by atoms with E-state index >= 15 is 0 Å². The molecule has 3 heterocycles. The quantitative estimate of drug-likeness (QED) is 0.192. The van der Waals surface area contributed by atoms with Gasteiger partial charge >= 0.3 is 12.5 Å². The molecule has 1 amide bonds. The van der Waals surface area contributed by atoms with Crippen LogP contribution in [-0.4, -0.2) is 72.5 Å². The predicted molar refractivity (Wildman–Crippen MR) is 174 cm³/mol. The molecule has 7 rings (SSSR count). The molecule has 3 aromatic carbocycles. The van der Waals surface area contributed by atoms with Crippen molar-refractivity contribution in [1.82, 2.24) is 20.1 Å². The molecule has 264 valence electrons. The Morgan fingerprint density at radius 1 is 0.900 bits per heavy atom. The number of halogens is 6. The molecule has 0 unspecified atom stereocenters. The fourth-order valence-corrected chi connectivity index (χ4v) is 7.26. The molecule has 2 saturated heterocycles. The van der Waals surface area contributed by atoms with Crippen molar-refractivity contribution < 1.29 is 40.6 Å². The van der Waals surface area contributed by atoms with Crippen LogP contribution in [0.1, 0.15) is 52.7 Å². The van der Waals surface area contributed by atoms with E-state index in [4.69, 9.17) is 4.74 Å². The molecule has 0 radical (unpaired) electrons. The van der Waals surface area contributed by atoms with Crippen LogP contribution in [0.15, 0.2) is 72.8 Å². The van der Waals surface area contributed by atoms with Crippen LogP contribution in [-0.2, 0) is 23.0 Å². The Bertz CT molecular complexity index is 1850. The Balaban J connectivity index is 1.36. The first kappa shape index (κ1) is 34.3. The van der Waals surface area contributed by atoms with Crippen LogP contribution in [0.5, 0.6) is 5.75 Å². The summed E-state index contributed by atoms with van der Waals surface area (Å²) in [5, 5.41) is 3.27. The summed E-state index contributed by atoms with van der Waals surface area (Å²) in [7, 11) is 0. The third-order valence-electron chi connectivity index (χ3n) is 9.93. The average molecular weight is 699 g/mol. The van der Waals surface area contributed by atoms with Crippen molar-refractivity contribution in [2.75, 3.05) is 39.4 Å². The van der Waals surface area contributed by atoms with E-state index in [1.807, 2.05) is 30.3 Å². The largest absolute Gasteiger partial charge is 0.573 e. The summed E-state index contributed by atoms with van der Waals surface area (Å²) in [6, 6.07) is 18.2. The number of carbonyl (C=O) groups excluding carboxylic acids is 1. The summed E-state index contributed by atoms with van der Waals surface area (Å²) in [6.07, 6.45) is -6.79. The van der Waals surface area contributed by atoms with Crippen molar-refractivity contribution in [3.05, 3.63) is 95.1 Å².